The van der Waals surface area contributed by atoms with E-state index in [2.05, 4.69) is 18.6 Å². The van der Waals surface area contributed by atoms with Gasteiger partial charge in [0.25, 0.3) is 21.5 Å². The van der Waals surface area contributed by atoms with Gasteiger partial charge in [0, 0.05) is 25.7 Å². The van der Waals surface area contributed by atoms with Crippen LogP contribution in [0.3, 0.4) is 0 Å². The highest BCUT2D eigenvalue weighted by atomic mass is 32.2. The Bertz CT molecular complexity index is 1350. The standard InChI is InChI=1S/C25H30N4O4S/c1-17-14-18(2)16-28(15-17)24(30)20-10-12-22(13-11-20)34(32,33)26-23-19(3)27(4)29(25(23)31)21-8-6-5-7-9-21/h5-13,17-18,26H,14-16H2,1-4H3. The van der Waals surface area contributed by atoms with Crippen LogP contribution in [0.5, 0.6) is 0 Å². The molecule has 1 saturated heterocycles. The molecule has 0 bridgehead atoms. The molecule has 1 fully saturated rings. The Hall–Kier alpha value is -3.33. The van der Waals surface area contributed by atoms with Crippen LogP contribution in [-0.2, 0) is 17.1 Å². The van der Waals surface area contributed by atoms with Crippen molar-refractivity contribution in [2.75, 3.05) is 17.8 Å². The first-order valence-electron chi connectivity index (χ1n) is 11.3. The second kappa shape index (κ2) is 9.13. The van der Waals surface area contributed by atoms with Crippen molar-refractivity contribution in [3.63, 3.8) is 0 Å². The third-order valence-electron chi connectivity index (χ3n) is 6.36. The van der Waals surface area contributed by atoms with Gasteiger partial charge in [0.15, 0.2) is 0 Å². The third kappa shape index (κ3) is 4.52. The Balaban J connectivity index is 1.58. The Kier molecular flexibility index (Phi) is 6.40. The molecule has 0 saturated carbocycles. The molecule has 2 unspecified atom stereocenters. The lowest BCUT2D eigenvalue weighted by Crippen LogP contribution is -2.42. The molecule has 1 amide bonds. The molecular weight excluding hydrogens is 452 g/mol. The molecule has 2 aromatic carbocycles. The first kappa shape index (κ1) is 23.8. The van der Waals surface area contributed by atoms with Crippen molar-refractivity contribution in [2.24, 2.45) is 18.9 Å². The van der Waals surface area contributed by atoms with Gasteiger partial charge >= 0.3 is 0 Å². The van der Waals surface area contributed by atoms with Gasteiger partial charge in [0.1, 0.15) is 5.69 Å². The number of rotatable bonds is 5. The van der Waals surface area contributed by atoms with Crippen LogP contribution in [-0.4, -0.2) is 41.7 Å². The number of piperidine rings is 1. The number of hydrogen-bond acceptors (Lipinski definition) is 4. The highest BCUT2D eigenvalue weighted by Gasteiger charge is 2.27. The first-order chi connectivity index (χ1) is 16.1. The summed E-state index contributed by atoms with van der Waals surface area (Å²) in [5.74, 6) is 0.774. The molecule has 3 aromatic rings. The maximum absolute atomic E-state index is 13.1. The maximum Gasteiger partial charge on any atom is 0.296 e. The van der Waals surface area contributed by atoms with Crippen LogP contribution in [0.2, 0.25) is 0 Å². The number of amides is 1. The number of anilines is 1. The summed E-state index contributed by atoms with van der Waals surface area (Å²) in [4.78, 5) is 27.8. The summed E-state index contributed by atoms with van der Waals surface area (Å²) >= 11 is 0. The summed E-state index contributed by atoms with van der Waals surface area (Å²) in [5.41, 5.74) is 1.09. The van der Waals surface area contributed by atoms with Crippen molar-refractivity contribution in [2.45, 2.75) is 32.1 Å². The molecule has 1 aromatic heterocycles. The molecule has 9 heteroatoms. The zero-order valence-electron chi connectivity index (χ0n) is 19.9. The molecule has 0 spiro atoms. The molecule has 34 heavy (non-hydrogen) atoms. The van der Waals surface area contributed by atoms with Crippen molar-refractivity contribution in [3.05, 3.63) is 76.2 Å². The fraction of sp³-hybridized carbons (Fsp3) is 0.360. The molecule has 1 aliphatic rings. The largest absolute Gasteiger partial charge is 0.338 e. The summed E-state index contributed by atoms with van der Waals surface area (Å²) in [5, 5.41) is 0. The third-order valence-corrected chi connectivity index (χ3v) is 7.72. The molecule has 1 N–H and O–H groups in total. The number of aromatic nitrogens is 2. The lowest BCUT2D eigenvalue weighted by atomic mass is 9.91. The predicted octanol–water partition coefficient (Wildman–Crippen LogP) is 3.40. The van der Waals surface area contributed by atoms with Gasteiger partial charge in [-0.3, -0.25) is 19.0 Å². The number of benzene rings is 2. The quantitative estimate of drug-likeness (QED) is 0.603. The first-order valence-corrected chi connectivity index (χ1v) is 12.8. The lowest BCUT2D eigenvalue weighted by Gasteiger charge is -2.35. The molecule has 8 nitrogen and oxygen atoms in total. The van der Waals surface area contributed by atoms with Crippen molar-refractivity contribution in [1.82, 2.24) is 14.3 Å². The van der Waals surface area contributed by atoms with Crippen molar-refractivity contribution >= 4 is 21.6 Å². The molecule has 180 valence electrons. The summed E-state index contributed by atoms with van der Waals surface area (Å²) in [6, 6.07) is 14.9. The van der Waals surface area contributed by atoms with E-state index in [1.807, 2.05) is 23.1 Å². The van der Waals surface area contributed by atoms with Gasteiger partial charge in [-0.05, 0) is 61.6 Å². The van der Waals surface area contributed by atoms with Gasteiger partial charge in [-0.15, -0.1) is 0 Å². The number of para-hydroxylation sites is 1. The van der Waals surface area contributed by atoms with E-state index in [1.54, 1.807) is 30.8 Å². The number of nitrogens with one attached hydrogen (secondary N) is 1. The van der Waals surface area contributed by atoms with Gasteiger partial charge in [0.2, 0.25) is 0 Å². The van der Waals surface area contributed by atoms with Crippen molar-refractivity contribution in [1.29, 1.82) is 0 Å². The SMILES string of the molecule is Cc1c(NS(=O)(=O)c2ccc(C(=O)N3CC(C)CC(C)C3)cc2)c(=O)n(-c2ccccc2)n1C. The van der Waals surface area contributed by atoms with E-state index in [0.717, 1.165) is 6.42 Å². The fourth-order valence-corrected chi connectivity index (χ4v) is 5.78. The molecule has 4 rings (SSSR count). The van der Waals surface area contributed by atoms with E-state index in [1.165, 1.54) is 28.9 Å². The zero-order valence-corrected chi connectivity index (χ0v) is 20.7. The van der Waals surface area contributed by atoms with E-state index in [0.29, 0.717) is 41.9 Å². The summed E-state index contributed by atoms with van der Waals surface area (Å²) in [7, 11) is -2.33. The number of carbonyl (C=O) groups is 1. The smallest absolute Gasteiger partial charge is 0.296 e. The average Bonchev–Trinajstić information content (AvgIpc) is 3.01. The Morgan fingerprint density at radius 3 is 2.15 bits per heavy atom. The Morgan fingerprint density at radius 2 is 1.56 bits per heavy atom. The molecule has 2 heterocycles. The number of hydrogen-bond donors (Lipinski definition) is 1. The van der Waals surface area contributed by atoms with Crippen LogP contribution in [0.25, 0.3) is 5.69 Å². The molecule has 2 atom stereocenters. The number of nitrogens with zero attached hydrogens (tertiary/aromatic N) is 3. The van der Waals surface area contributed by atoms with Crippen LogP contribution >= 0.6 is 0 Å². The predicted molar refractivity (Wildman–Crippen MR) is 132 cm³/mol. The van der Waals surface area contributed by atoms with Crippen LogP contribution in [0.1, 0.15) is 36.3 Å². The number of carbonyl (C=O) groups excluding carboxylic acids is 1. The minimum absolute atomic E-state index is 0.0113. The van der Waals surface area contributed by atoms with Crippen LogP contribution in [0, 0.1) is 18.8 Å². The summed E-state index contributed by atoms with van der Waals surface area (Å²) in [6.45, 7) is 7.35. The van der Waals surface area contributed by atoms with Crippen LogP contribution in [0.15, 0.2) is 64.3 Å². The summed E-state index contributed by atoms with van der Waals surface area (Å²) in [6.07, 6.45) is 1.09. The Labute approximate surface area is 199 Å². The van der Waals surface area contributed by atoms with E-state index in [-0.39, 0.29) is 16.5 Å². The monoisotopic (exact) mass is 482 g/mol. The van der Waals surface area contributed by atoms with E-state index in [9.17, 15) is 18.0 Å². The Morgan fingerprint density at radius 1 is 0.971 bits per heavy atom. The van der Waals surface area contributed by atoms with Crippen molar-refractivity contribution < 1.29 is 13.2 Å². The molecular formula is C25H30N4O4S. The van der Waals surface area contributed by atoms with Crippen LogP contribution in [0.4, 0.5) is 5.69 Å². The number of likely N-dealkylation sites (tertiary alicyclic amines) is 1. The second-order valence-corrected chi connectivity index (χ2v) is 10.9. The van der Waals surface area contributed by atoms with E-state index in [4.69, 9.17) is 0 Å². The van der Waals surface area contributed by atoms with Gasteiger partial charge < -0.3 is 4.90 Å². The van der Waals surface area contributed by atoms with E-state index < -0.39 is 15.6 Å². The maximum atomic E-state index is 13.1. The van der Waals surface area contributed by atoms with Gasteiger partial charge in [0.05, 0.1) is 16.3 Å². The lowest BCUT2D eigenvalue weighted by molar-refractivity contribution is 0.0623. The minimum atomic E-state index is -4.03. The average molecular weight is 483 g/mol. The van der Waals surface area contributed by atoms with Gasteiger partial charge in [-0.25, -0.2) is 13.1 Å². The molecule has 0 radical (unpaired) electrons. The van der Waals surface area contributed by atoms with E-state index >= 15 is 0 Å². The van der Waals surface area contributed by atoms with Crippen molar-refractivity contribution in [3.8, 4) is 5.69 Å². The second-order valence-electron chi connectivity index (χ2n) is 9.22. The molecule has 0 aliphatic carbocycles. The van der Waals surface area contributed by atoms with Crippen LogP contribution < -0.4 is 10.3 Å². The number of sulfonamides is 1. The highest BCUT2D eigenvalue weighted by Crippen LogP contribution is 2.24. The minimum Gasteiger partial charge on any atom is -0.338 e. The topological polar surface area (TPSA) is 93.4 Å². The zero-order chi connectivity index (χ0) is 24.6. The normalized spacial score (nSPS) is 18.6. The fourth-order valence-electron chi connectivity index (χ4n) is 4.67. The highest BCUT2D eigenvalue weighted by molar-refractivity contribution is 7.92. The van der Waals surface area contributed by atoms with Gasteiger partial charge in [-0.1, -0.05) is 32.0 Å². The van der Waals surface area contributed by atoms with Gasteiger partial charge in [-0.2, -0.15) is 0 Å². The summed E-state index contributed by atoms with van der Waals surface area (Å²) < 4.78 is 31.6. The molecule has 1 aliphatic heterocycles.